The molecule has 0 aromatic carbocycles. The van der Waals surface area contributed by atoms with Gasteiger partial charge in [0.15, 0.2) is 0 Å². The Bertz CT molecular complexity index is 654. The second-order valence-electron chi connectivity index (χ2n) is 6.11. The van der Waals surface area contributed by atoms with Crippen molar-refractivity contribution in [2.75, 3.05) is 13.1 Å². The van der Waals surface area contributed by atoms with Crippen molar-refractivity contribution in [1.29, 1.82) is 0 Å². The molecule has 1 saturated heterocycles. The molecule has 118 valence electrons. The molecule has 2 aromatic heterocycles. The van der Waals surface area contributed by atoms with E-state index in [2.05, 4.69) is 10.2 Å². The maximum absolute atomic E-state index is 12.4. The Hall–Kier alpha value is -1.69. The van der Waals surface area contributed by atoms with Crippen LogP contribution in [-0.4, -0.2) is 34.1 Å². The molecule has 5 nitrogen and oxygen atoms in total. The van der Waals surface area contributed by atoms with E-state index in [9.17, 15) is 4.79 Å². The first-order chi connectivity index (χ1) is 10.5. The summed E-state index contributed by atoms with van der Waals surface area (Å²) in [6, 6.07) is 3.91. The number of carbonyl (C=O) groups excluding carboxylic acids is 1. The van der Waals surface area contributed by atoms with Crippen molar-refractivity contribution in [1.82, 2.24) is 15.1 Å². The standard InChI is InChI=1S/C16H21N3O2S/c1-10(2)14-17-18-15(21-14)12-6-8-19(9-7-12)16(20)13-5-4-11(3)22-13/h4-5,10,12H,6-9H2,1-3H3. The van der Waals surface area contributed by atoms with Gasteiger partial charge in [-0.15, -0.1) is 21.5 Å². The summed E-state index contributed by atoms with van der Waals surface area (Å²) in [4.78, 5) is 16.4. The highest BCUT2D eigenvalue weighted by atomic mass is 32.1. The van der Waals surface area contributed by atoms with Crippen LogP contribution in [-0.2, 0) is 0 Å². The van der Waals surface area contributed by atoms with Crippen LogP contribution in [0.1, 0.15) is 64.9 Å². The molecule has 1 aliphatic heterocycles. The molecular formula is C16H21N3O2S. The molecule has 1 amide bonds. The minimum Gasteiger partial charge on any atom is -0.425 e. The minimum atomic E-state index is 0.143. The number of thiophene rings is 1. The summed E-state index contributed by atoms with van der Waals surface area (Å²) in [6.07, 6.45) is 1.77. The highest BCUT2D eigenvalue weighted by molar-refractivity contribution is 7.13. The zero-order valence-electron chi connectivity index (χ0n) is 13.2. The Morgan fingerprint density at radius 3 is 2.59 bits per heavy atom. The summed E-state index contributed by atoms with van der Waals surface area (Å²) in [6.45, 7) is 7.61. The van der Waals surface area contributed by atoms with Gasteiger partial charge in [0, 0.05) is 29.8 Å². The second kappa shape index (κ2) is 6.20. The monoisotopic (exact) mass is 319 g/mol. The Balaban J connectivity index is 1.61. The van der Waals surface area contributed by atoms with Crippen LogP contribution in [0, 0.1) is 6.92 Å². The van der Waals surface area contributed by atoms with Gasteiger partial charge in [0.2, 0.25) is 11.8 Å². The lowest BCUT2D eigenvalue weighted by atomic mass is 9.97. The number of rotatable bonds is 3. The van der Waals surface area contributed by atoms with Gasteiger partial charge < -0.3 is 9.32 Å². The average molecular weight is 319 g/mol. The first-order valence-corrected chi connectivity index (χ1v) is 8.55. The molecular weight excluding hydrogens is 298 g/mol. The first kappa shape index (κ1) is 15.2. The number of likely N-dealkylation sites (tertiary alicyclic amines) is 1. The van der Waals surface area contributed by atoms with Gasteiger partial charge in [-0.3, -0.25) is 4.79 Å². The van der Waals surface area contributed by atoms with Crippen LogP contribution in [0.4, 0.5) is 0 Å². The summed E-state index contributed by atoms with van der Waals surface area (Å²) < 4.78 is 5.74. The van der Waals surface area contributed by atoms with Gasteiger partial charge in [-0.25, -0.2) is 0 Å². The predicted molar refractivity (Wildman–Crippen MR) is 85.3 cm³/mol. The third kappa shape index (κ3) is 3.06. The molecule has 0 aliphatic carbocycles. The van der Waals surface area contributed by atoms with E-state index < -0.39 is 0 Å². The van der Waals surface area contributed by atoms with Crippen molar-refractivity contribution >= 4 is 17.2 Å². The third-order valence-electron chi connectivity index (χ3n) is 4.03. The van der Waals surface area contributed by atoms with Gasteiger partial charge in [-0.1, -0.05) is 13.8 Å². The van der Waals surface area contributed by atoms with E-state index in [-0.39, 0.29) is 17.7 Å². The van der Waals surface area contributed by atoms with Crippen molar-refractivity contribution in [2.45, 2.75) is 45.4 Å². The van der Waals surface area contributed by atoms with Crippen molar-refractivity contribution in [3.05, 3.63) is 33.7 Å². The number of amides is 1. The highest BCUT2D eigenvalue weighted by Gasteiger charge is 2.28. The van der Waals surface area contributed by atoms with Gasteiger partial charge >= 0.3 is 0 Å². The Morgan fingerprint density at radius 1 is 1.32 bits per heavy atom. The van der Waals surface area contributed by atoms with E-state index >= 15 is 0 Å². The summed E-state index contributed by atoms with van der Waals surface area (Å²) in [7, 11) is 0. The molecule has 6 heteroatoms. The summed E-state index contributed by atoms with van der Waals surface area (Å²) in [5, 5.41) is 8.27. The Labute approximate surface area is 134 Å². The number of hydrogen-bond donors (Lipinski definition) is 0. The molecule has 3 rings (SSSR count). The normalized spacial score (nSPS) is 16.5. The van der Waals surface area contributed by atoms with Crippen LogP contribution in [0.25, 0.3) is 0 Å². The van der Waals surface area contributed by atoms with Crippen LogP contribution >= 0.6 is 11.3 Å². The number of nitrogens with zero attached hydrogens (tertiary/aromatic N) is 3. The molecule has 3 heterocycles. The topological polar surface area (TPSA) is 59.2 Å². The molecule has 1 aliphatic rings. The summed E-state index contributed by atoms with van der Waals surface area (Å²) >= 11 is 1.56. The van der Waals surface area contributed by atoms with Crippen LogP contribution in [0.5, 0.6) is 0 Å². The smallest absolute Gasteiger partial charge is 0.263 e. The van der Waals surface area contributed by atoms with Crippen molar-refractivity contribution < 1.29 is 9.21 Å². The fraction of sp³-hybridized carbons (Fsp3) is 0.562. The number of aromatic nitrogens is 2. The zero-order valence-corrected chi connectivity index (χ0v) is 14.0. The van der Waals surface area contributed by atoms with Crippen molar-refractivity contribution in [3.63, 3.8) is 0 Å². The fourth-order valence-electron chi connectivity index (χ4n) is 2.68. The maximum Gasteiger partial charge on any atom is 0.263 e. The lowest BCUT2D eigenvalue weighted by Crippen LogP contribution is -2.37. The van der Waals surface area contributed by atoms with E-state index in [1.54, 1.807) is 11.3 Å². The largest absolute Gasteiger partial charge is 0.425 e. The molecule has 0 radical (unpaired) electrons. The SMILES string of the molecule is Cc1ccc(C(=O)N2CCC(c3nnc(C(C)C)o3)CC2)s1. The third-order valence-corrected chi connectivity index (χ3v) is 5.02. The average Bonchev–Trinajstić information content (AvgIpc) is 3.16. The van der Waals surface area contributed by atoms with E-state index in [0.717, 1.165) is 36.7 Å². The van der Waals surface area contributed by atoms with Gasteiger partial charge in [-0.2, -0.15) is 0 Å². The minimum absolute atomic E-state index is 0.143. The number of aryl methyl sites for hydroxylation is 1. The molecule has 0 spiro atoms. The molecule has 0 atom stereocenters. The number of piperidine rings is 1. The predicted octanol–water partition coefficient (Wildman–Crippen LogP) is 3.58. The van der Waals surface area contributed by atoms with Crippen molar-refractivity contribution in [3.8, 4) is 0 Å². The summed E-state index contributed by atoms with van der Waals surface area (Å²) in [5.41, 5.74) is 0. The molecule has 1 fully saturated rings. The van der Waals surface area contributed by atoms with Gasteiger partial charge in [-0.05, 0) is 31.9 Å². The quantitative estimate of drug-likeness (QED) is 0.867. The number of carbonyl (C=O) groups is 1. The molecule has 2 aromatic rings. The molecule has 22 heavy (non-hydrogen) atoms. The summed E-state index contributed by atoms with van der Waals surface area (Å²) in [5.74, 6) is 2.09. The van der Waals surface area contributed by atoms with Crippen LogP contribution in [0.2, 0.25) is 0 Å². The fourth-order valence-corrected chi connectivity index (χ4v) is 3.52. The molecule has 0 N–H and O–H groups in total. The van der Waals surface area contributed by atoms with E-state index in [1.165, 1.54) is 4.88 Å². The molecule has 0 saturated carbocycles. The van der Waals surface area contributed by atoms with E-state index in [4.69, 9.17) is 4.42 Å². The lowest BCUT2D eigenvalue weighted by molar-refractivity contribution is 0.0711. The van der Waals surface area contributed by atoms with E-state index in [0.29, 0.717) is 5.89 Å². The lowest BCUT2D eigenvalue weighted by Gasteiger charge is -2.30. The Kier molecular flexibility index (Phi) is 4.29. The maximum atomic E-state index is 12.4. The number of hydrogen-bond acceptors (Lipinski definition) is 5. The van der Waals surface area contributed by atoms with Crippen LogP contribution in [0.3, 0.4) is 0 Å². The van der Waals surface area contributed by atoms with E-state index in [1.807, 2.05) is 37.8 Å². The van der Waals surface area contributed by atoms with Gasteiger partial charge in [0.25, 0.3) is 5.91 Å². The molecule has 0 bridgehead atoms. The van der Waals surface area contributed by atoms with Gasteiger partial charge in [0.05, 0.1) is 4.88 Å². The van der Waals surface area contributed by atoms with Crippen LogP contribution in [0.15, 0.2) is 16.5 Å². The zero-order chi connectivity index (χ0) is 15.7. The first-order valence-electron chi connectivity index (χ1n) is 7.73. The second-order valence-corrected chi connectivity index (χ2v) is 7.40. The van der Waals surface area contributed by atoms with Crippen molar-refractivity contribution in [2.24, 2.45) is 0 Å². The highest BCUT2D eigenvalue weighted by Crippen LogP contribution is 2.29. The Morgan fingerprint density at radius 2 is 2.05 bits per heavy atom. The van der Waals surface area contributed by atoms with Crippen LogP contribution < -0.4 is 0 Å². The van der Waals surface area contributed by atoms with Gasteiger partial charge in [0.1, 0.15) is 0 Å². The molecule has 0 unspecified atom stereocenters.